The van der Waals surface area contributed by atoms with Crippen molar-refractivity contribution >= 4 is 35.4 Å². The van der Waals surface area contributed by atoms with E-state index in [0.29, 0.717) is 0 Å². The van der Waals surface area contributed by atoms with E-state index in [1.165, 1.54) is 7.11 Å². The first-order valence-corrected chi connectivity index (χ1v) is 9.35. The number of hydrogen-bond donors (Lipinski definition) is 1. The highest BCUT2D eigenvalue weighted by atomic mass is 35.7. The van der Waals surface area contributed by atoms with Crippen LogP contribution in [0.1, 0.15) is 6.42 Å². The highest BCUT2D eigenvalue weighted by Crippen LogP contribution is 2.22. The van der Waals surface area contributed by atoms with E-state index in [-0.39, 0.29) is 24.5 Å². The molecule has 0 fully saturated rings. The minimum atomic E-state index is -4.21. The smallest absolute Gasteiger partial charge is 0.264 e. The maximum Gasteiger partial charge on any atom is 0.264 e. The zero-order chi connectivity index (χ0) is 15.4. The third kappa shape index (κ3) is 5.23. The molecule has 0 radical (unpaired) electrons. The molecule has 6 nitrogen and oxygen atoms in total. The Hall–Kier alpha value is -0.900. The number of ether oxygens (including phenoxy) is 1. The first-order valence-electron chi connectivity index (χ1n) is 5.39. The molecule has 0 spiro atoms. The van der Waals surface area contributed by atoms with Crippen molar-refractivity contribution in [2.24, 2.45) is 0 Å². The summed E-state index contributed by atoms with van der Waals surface area (Å²) in [5.74, 6) is -1.32. The Morgan fingerprint density at radius 3 is 2.45 bits per heavy atom. The Morgan fingerprint density at radius 1 is 1.30 bits per heavy atom. The molecule has 0 saturated carbocycles. The van der Waals surface area contributed by atoms with Crippen molar-refractivity contribution in [1.82, 2.24) is 0 Å². The van der Waals surface area contributed by atoms with E-state index in [1.807, 2.05) is 0 Å². The molecule has 1 N–H and O–H groups in total. The second-order valence-corrected chi connectivity index (χ2v) is 8.23. The van der Waals surface area contributed by atoms with Gasteiger partial charge in [0.2, 0.25) is 10.0 Å². The van der Waals surface area contributed by atoms with E-state index in [1.54, 1.807) is 0 Å². The van der Waals surface area contributed by atoms with Crippen molar-refractivity contribution < 1.29 is 26.0 Å². The van der Waals surface area contributed by atoms with Gasteiger partial charge in [-0.25, -0.2) is 21.2 Å². The van der Waals surface area contributed by atoms with Crippen molar-refractivity contribution in [3.63, 3.8) is 0 Å². The summed E-state index contributed by atoms with van der Waals surface area (Å²) in [6, 6.07) is 2.76. The van der Waals surface area contributed by atoms with Crippen LogP contribution in [0.2, 0.25) is 0 Å². The number of nitrogens with one attached hydrogen (secondary N) is 1. The van der Waals surface area contributed by atoms with Gasteiger partial charge < -0.3 is 4.74 Å². The Bertz CT molecular complexity index is 675. The largest absolute Gasteiger partial charge is 0.385 e. The van der Waals surface area contributed by atoms with Gasteiger partial charge in [0, 0.05) is 24.4 Å². The lowest BCUT2D eigenvalue weighted by Crippen LogP contribution is -2.18. The van der Waals surface area contributed by atoms with Gasteiger partial charge in [-0.3, -0.25) is 4.72 Å². The van der Waals surface area contributed by atoms with Gasteiger partial charge in [0.15, 0.2) is 0 Å². The van der Waals surface area contributed by atoms with Crippen LogP contribution in [0.25, 0.3) is 0 Å². The monoisotopic (exact) mass is 345 g/mol. The van der Waals surface area contributed by atoms with Gasteiger partial charge in [-0.1, -0.05) is 0 Å². The average Bonchev–Trinajstić information content (AvgIpc) is 2.26. The summed E-state index contributed by atoms with van der Waals surface area (Å²) < 4.78 is 65.6. The molecule has 0 aliphatic rings. The van der Waals surface area contributed by atoms with Gasteiger partial charge in [-0.05, 0) is 24.6 Å². The zero-order valence-corrected chi connectivity index (χ0v) is 12.9. The highest BCUT2D eigenvalue weighted by molar-refractivity contribution is 8.13. The van der Waals surface area contributed by atoms with Crippen molar-refractivity contribution in [2.75, 3.05) is 24.2 Å². The Kier molecular flexibility index (Phi) is 5.75. The second-order valence-electron chi connectivity index (χ2n) is 3.85. The molecule has 0 unspecified atom stereocenters. The van der Waals surface area contributed by atoms with Crippen LogP contribution in [-0.4, -0.2) is 36.3 Å². The van der Waals surface area contributed by atoms with Crippen LogP contribution in [0.4, 0.5) is 10.1 Å². The predicted molar refractivity (Wildman–Crippen MR) is 73.3 cm³/mol. The lowest BCUT2D eigenvalue weighted by molar-refractivity contribution is 0.199. The van der Waals surface area contributed by atoms with Gasteiger partial charge in [-0.15, -0.1) is 0 Å². The van der Waals surface area contributed by atoms with Crippen LogP contribution in [0.15, 0.2) is 23.1 Å². The molecule has 0 bridgehead atoms. The molecule has 1 aromatic carbocycles. The molecule has 0 aliphatic carbocycles. The highest BCUT2D eigenvalue weighted by Gasteiger charge is 2.17. The third-order valence-corrected chi connectivity index (χ3v) is 4.96. The number of rotatable bonds is 7. The summed E-state index contributed by atoms with van der Waals surface area (Å²) in [5.41, 5.74) is -0.0796. The van der Waals surface area contributed by atoms with Gasteiger partial charge in [0.25, 0.3) is 9.05 Å². The van der Waals surface area contributed by atoms with Crippen molar-refractivity contribution in [2.45, 2.75) is 11.3 Å². The molecule has 0 aromatic heterocycles. The molecule has 0 saturated heterocycles. The summed E-state index contributed by atoms with van der Waals surface area (Å²) in [5, 5.41) is 0. The van der Waals surface area contributed by atoms with Gasteiger partial charge in [0.05, 0.1) is 11.4 Å². The SMILES string of the molecule is COCCCS(=O)(=O)Nc1ccc(S(=O)(=O)Cl)c(F)c1. The molecule has 0 heterocycles. The standard InChI is InChI=1S/C10H13ClFNO5S2/c1-18-5-2-6-19(14,15)13-8-3-4-10(9(12)7-8)20(11,16)17/h3-4,7,13H,2,5-6H2,1H3. The van der Waals surface area contributed by atoms with Gasteiger partial charge in [0.1, 0.15) is 10.7 Å². The number of methoxy groups -OCH3 is 1. The van der Waals surface area contributed by atoms with E-state index in [9.17, 15) is 21.2 Å². The first kappa shape index (κ1) is 17.2. The van der Waals surface area contributed by atoms with E-state index < -0.39 is 29.8 Å². The van der Waals surface area contributed by atoms with Crippen LogP contribution >= 0.6 is 10.7 Å². The van der Waals surface area contributed by atoms with Crippen LogP contribution in [-0.2, 0) is 23.8 Å². The number of benzene rings is 1. The number of sulfonamides is 1. The van der Waals surface area contributed by atoms with E-state index in [4.69, 9.17) is 15.4 Å². The summed E-state index contributed by atoms with van der Waals surface area (Å²) in [6.45, 7) is 0.276. The number of anilines is 1. The normalized spacial score (nSPS) is 12.3. The van der Waals surface area contributed by atoms with Crippen molar-refractivity contribution in [3.8, 4) is 0 Å². The second kappa shape index (κ2) is 6.70. The fourth-order valence-electron chi connectivity index (χ4n) is 1.39. The van der Waals surface area contributed by atoms with E-state index in [0.717, 1.165) is 18.2 Å². The lowest BCUT2D eigenvalue weighted by Gasteiger charge is -2.08. The van der Waals surface area contributed by atoms with Gasteiger partial charge in [-0.2, -0.15) is 0 Å². The lowest BCUT2D eigenvalue weighted by atomic mass is 10.3. The topological polar surface area (TPSA) is 89.5 Å². The first-order chi connectivity index (χ1) is 9.15. The molecule has 20 heavy (non-hydrogen) atoms. The minimum absolute atomic E-state index is 0.0796. The molecule has 0 amide bonds. The summed E-state index contributed by atoms with van der Waals surface area (Å²) in [7, 11) is -1.40. The Balaban J connectivity index is 2.87. The van der Waals surface area contributed by atoms with Crippen LogP contribution in [0, 0.1) is 5.82 Å². The molecule has 0 atom stereocenters. The molecule has 114 valence electrons. The fourth-order valence-corrected chi connectivity index (χ4v) is 3.37. The molecule has 10 heteroatoms. The van der Waals surface area contributed by atoms with Gasteiger partial charge >= 0.3 is 0 Å². The minimum Gasteiger partial charge on any atom is -0.385 e. The molecular formula is C10H13ClFNO5S2. The Morgan fingerprint density at radius 2 is 1.95 bits per heavy atom. The predicted octanol–water partition coefficient (Wildman–Crippen LogP) is 1.53. The maximum atomic E-state index is 13.5. The van der Waals surface area contributed by atoms with Crippen LogP contribution in [0.3, 0.4) is 0 Å². The summed E-state index contributed by atoms with van der Waals surface area (Å²) in [4.78, 5) is -0.707. The molecule has 1 rings (SSSR count). The zero-order valence-electron chi connectivity index (χ0n) is 10.5. The quantitative estimate of drug-likeness (QED) is 0.598. The molecule has 1 aromatic rings. The fraction of sp³-hybridized carbons (Fsp3) is 0.400. The average molecular weight is 346 g/mol. The summed E-state index contributed by atoms with van der Waals surface area (Å²) >= 11 is 0. The number of hydrogen-bond acceptors (Lipinski definition) is 5. The third-order valence-electron chi connectivity index (χ3n) is 2.23. The van der Waals surface area contributed by atoms with Crippen molar-refractivity contribution in [3.05, 3.63) is 24.0 Å². The van der Waals surface area contributed by atoms with Crippen LogP contribution < -0.4 is 4.72 Å². The van der Waals surface area contributed by atoms with E-state index >= 15 is 0 Å². The van der Waals surface area contributed by atoms with Crippen molar-refractivity contribution in [1.29, 1.82) is 0 Å². The number of halogens is 2. The molecule has 0 aliphatic heterocycles. The van der Waals surface area contributed by atoms with E-state index in [2.05, 4.69) is 4.72 Å². The maximum absolute atomic E-state index is 13.5. The Labute approximate surface area is 121 Å². The molecular weight excluding hydrogens is 333 g/mol. The van der Waals surface area contributed by atoms with Crippen LogP contribution in [0.5, 0.6) is 0 Å². The summed E-state index contributed by atoms with van der Waals surface area (Å²) in [6.07, 6.45) is 0.280.